The van der Waals surface area contributed by atoms with E-state index >= 15 is 0 Å². The van der Waals surface area contributed by atoms with Crippen molar-refractivity contribution in [1.29, 1.82) is 0 Å². The van der Waals surface area contributed by atoms with Crippen LogP contribution < -0.4 is 14.9 Å². The number of halogens is 1. The van der Waals surface area contributed by atoms with E-state index < -0.39 is 0 Å². The molecular formula is C21H19BrN2O2. The third-order valence-electron chi connectivity index (χ3n) is 3.68. The average molecular weight is 411 g/mol. The first-order valence-electron chi connectivity index (χ1n) is 8.14. The maximum atomic E-state index is 5.88. The monoisotopic (exact) mass is 410 g/mol. The molecule has 3 rings (SSSR count). The van der Waals surface area contributed by atoms with Gasteiger partial charge in [-0.25, -0.2) is 0 Å². The predicted molar refractivity (Wildman–Crippen MR) is 109 cm³/mol. The van der Waals surface area contributed by atoms with Crippen molar-refractivity contribution in [2.75, 3.05) is 12.5 Å². The molecule has 4 nitrogen and oxygen atoms in total. The summed E-state index contributed by atoms with van der Waals surface area (Å²) >= 11 is 3.43. The highest BCUT2D eigenvalue weighted by Gasteiger charge is 2.05. The SMILES string of the molecule is COc1cc(/C=N/Nc2ccccc2)ccc1OCc1ccc(Br)cc1. The van der Waals surface area contributed by atoms with Gasteiger partial charge in [0.25, 0.3) is 0 Å². The molecule has 0 amide bonds. The van der Waals surface area contributed by atoms with Gasteiger partial charge in [-0.2, -0.15) is 5.10 Å². The van der Waals surface area contributed by atoms with Gasteiger partial charge in [0.2, 0.25) is 0 Å². The number of nitrogens with one attached hydrogen (secondary N) is 1. The normalized spacial score (nSPS) is 10.7. The van der Waals surface area contributed by atoms with Gasteiger partial charge < -0.3 is 9.47 Å². The summed E-state index contributed by atoms with van der Waals surface area (Å²) in [6.07, 6.45) is 1.74. The molecule has 0 aliphatic rings. The van der Waals surface area contributed by atoms with Crippen molar-refractivity contribution in [3.63, 3.8) is 0 Å². The summed E-state index contributed by atoms with van der Waals surface area (Å²) in [6, 6.07) is 23.5. The molecular weight excluding hydrogens is 392 g/mol. The van der Waals surface area contributed by atoms with Crippen molar-refractivity contribution in [3.05, 3.63) is 88.4 Å². The zero-order valence-corrected chi connectivity index (χ0v) is 15.9. The van der Waals surface area contributed by atoms with Crippen LogP contribution >= 0.6 is 15.9 Å². The molecule has 0 radical (unpaired) electrons. The first kappa shape index (κ1) is 18.0. The van der Waals surface area contributed by atoms with E-state index in [0.29, 0.717) is 18.1 Å². The molecule has 0 unspecified atom stereocenters. The first-order chi connectivity index (χ1) is 12.7. The highest BCUT2D eigenvalue weighted by molar-refractivity contribution is 9.10. The number of hydrogen-bond donors (Lipinski definition) is 1. The van der Waals surface area contributed by atoms with E-state index in [4.69, 9.17) is 9.47 Å². The van der Waals surface area contributed by atoms with Crippen molar-refractivity contribution in [2.45, 2.75) is 6.61 Å². The van der Waals surface area contributed by atoms with Crippen LogP contribution in [0.15, 0.2) is 82.4 Å². The Balaban J connectivity index is 1.64. The van der Waals surface area contributed by atoms with Crippen LogP contribution in [0.3, 0.4) is 0 Å². The van der Waals surface area contributed by atoms with E-state index in [2.05, 4.69) is 26.5 Å². The third-order valence-corrected chi connectivity index (χ3v) is 4.21. The summed E-state index contributed by atoms with van der Waals surface area (Å²) < 4.78 is 12.4. The van der Waals surface area contributed by atoms with E-state index in [1.807, 2.05) is 72.8 Å². The summed E-state index contributed by atoms with van der Waals surface area (Å²) in [5, 5.41) is 4.24. The van der Waals surface area contributed by atoms with Crippen LogP contribution in [0, 0.1) is 0 Å². The summed E-state index contributed by atoms with van der Waals surface area (Å²) in [6.45, 7) is 0.479. The van der Waals surface area contributed by atoms with Gasteiger partial charge in [0.15, 0.2) is 11.5 Å². The van der Waals surface area contributed by atoms with Crippen LogP contribution in [0.4, 0.5) is 5.69 Å². The number of methoxy groups -OCH3 is 1. The Labute approximate surface area is 161 Å². The number of nitrogens with zero attached hydrogens (tertiary/aromatic N) is 1. The van der Waals surface area contributed by atoms with E-state index in [1.54, 1.807) is 13.3 Å². The lowest BCUT2D eigenvalue weighted by Gasteiger charge is -2.11. The van der Waals surface area contributed by atoms with Crippen LogP contribution in [0.25, 0.3) is 0 Å². The molecule has 0 spiro atoms. The molecule has 0 heterocycles. The topological polar surface area (TPSA) is 42.8 Å². The molecule has 0 aliphatic heterocycles. The van der Waals surface area contributed by atoms with E-state index in [1.165, 1.54) is 0 Å². The quantitative estimate of drug-likeness (QED) is 0.414. The molecule has 3 aromatic rings. The number of ether oxygens (including phenoxy) is 2. The van der Waals surface area contributed by atoms with Gasteiger partial charge in [-0.3, -0.25) is 5.43 Å². The second-order valence-electron chi connectivity index (χ2n) is 5.56. The Morgan fingerprint density at radius 1 is 0.962 bits per heavy atom. The number of anilines is 1. The zero-order chi connectivity index (χ0) is 18.2. The standard InChI is InChI=1S/C21H19BrN2O2/c1-25-21-13-17(14-23-24-19-5-3-2-4-6-19)9-12-20(21)26-15-16-7-10-18(22)11-8-16/h2-14,24H,15H2,1H3/b23-14+. The Morgan fingerprint density at radius 3 is 2.46 bits per heavy atom. The van der Waals surface area contributed by atoms with E-state index in [9.17, 15) is 0 Å². The minimum atomic E-state index is 0.479. The fourth-order valence-electron chi connectivity index (χ4n) is 2.32. The maximum absolute atomic E-state index is 5.88. The highest BCUT2D eigenvalue weighted by Crippen LogP contribution is 2.28. The zero-order valence-electron chi connectivity index (χ0n) is 14.4. The van der Waals surface area contributed by atoms with Crippen LogP contribution in [-0.2, 0) is 6.61 Å². The number of benzene rings is 3. The average Bonchev–Trinajstić information content (AvgIpc) is 2.69. The molecule has 0 saturated carbocycles. The van der Waals surface area contributed by atoms with Crippen molar-refractivity contribution in [1.82, 2.24) is 0 Å². The molecule has 0 bridgehead atoms. The summed E-state index contributed by atoms with van der Waals surface area (Å²) in [4.78, 5) is 0. The number of para-hydroxylation sites is 1. The molecule has 1 N–H and O–H groups in total. The van der Waals surface area contributed by atoms with Crippen molar-refractivity contribution < 1.29 is 9.47 Å². The molecule has 0 saturated heterocycles. The van der Waals surface area contributed by atoms with Crippen LogP contribution in [-0.4, -0.2) is 13.3 Å². The van der Waals surface area contributed by atoms with Crippen LogP contribution in [0.2, 0.25) is 0 Å². The second kappa shape index (κ2) is 9.06. The largest absolute Gasteiger partial charge is 0.493 e. The van der Waals surface area contributed by atoms with Crippen LogP contribution in [0.1, 0.15) is 11.1 Å². The maximum Gasteiger partial charge on any atom is 0.161 e. The Hall–Kier alpha value is -2.79. The fraction of sp³-hybridized carbons (Fsp3) is 0.0952. The number of hydrazone groups is 1. The molecule has 0 atom stereocenters. The molecule has 132 valence electrons. The minimum absolute atomic E-state index is 0.479. The lowest BCUT2D eigenvalue weighted by molar-refractivity contribution is 0.284. The summed E-state index contributed by atoms with van der Waals surface area (Å²) in [5.41, 5.74) is 5.93. The summed E-state index contributed by atoms with van der Waals surface area (Å²) in [5.74, 6) is 1.37. The fourth-order valence-corrected chi connectivity index (χ4v) is 2.58. The van der Waals surface area contributed by atoms with E-state index in [-0.39, 0.29) is 0 Å². The van der Waals surface area contributed by atoms with E-state index in [0.717, 1.165) is 21.3 Å². The highest BCUT2D eigenvalue weighted by atomic mass is 79.9. The van der Waals surface area contributed by atoms with Crippen molar-refractivity contribution >= 4 is 27.8 Å². The third kappa shape index (κ3) is 5.10. The van der Waals surface area contributed by atoms with Gasteiger partial charge in [-0.05, 0) is 53.6 Å². The van der Waals surface area contributed by atoms with Gasteiger partial charge in [-0.1, -0.05) is 46.3 Å². The summed E-state index contributed by atoms with van der Waals surface area (Å²) in [7, 11) is 1.63. The lowest BCUT2D eigenvalue weighted by Crippen LogP contribution is -1.98. The predicted octanol–water partition coefficient (Wildman–Crippen LogP) is 5.48. The van der Waals surface area contributed by atoms with Crippen molar-refractivity contribution in [3.8, 4) is 11.5 Å². The van der Waals surface area contributed by atoms with Crippen molar-refractivity contribution in [2.24, 2.45) is 5.10 Å². The van der Waals surface area contributed by atoms with Gasteiger partial charge in [0.05, 0.1) is 19.0 Å². The lowest BCUT2D eigenvalue weighted by atomic mass is 10.2. The van der Waals surface area contributed by atoms with Gasteiger partial charge in [-0.15, -0.1) is 0 Å². The first-order valence-corrected chi connectivity index (χ1v) is 8.93. The van der Waals surface area contributed by atoms with Gasteiger partial charge in [0.1, 0.15) is 6.61 Å². The van der Waals surface area contributed by atoms with Crippen LogP contribution in [0.5, 0.6) is 11.5 Å². The molecule has 3 aromatic carbocycles. The molecule has 5 heteroatoms. The smallest absolute Gasteiger partial charge is 0.161 e. The number of hydrogen-bond acceptors (Lipinski definition) is 4. The van der Waals surface area contributed by atoms with Gasteiger partial charge >= 0.3 is 0 Å². The van der Waals surface area contributed by atoms with Gasteiger partial charge in [0, 0.05) is 4.47 Å². The Morgan fingerprint density at radius 2 is 1.73 bits per heavy atom. The second-order valence-corrected chi connectivity index (χ2v) is 6.48. The minimum Gasteiger partial charge on any atom is -0.493 e. The number of rotatable bonds is 7. The molecule has 0 aromatic heterocycles. The molecule has 26 heavy (non-hydrogen) atoms. The Bertz CT molecular complexity index is 865. The molecule has 0 fully saturated rings. The Kier molecular flexibility index (Phi) is 6.28. The molecule has 0 aliphatic carbocycles.